The highest BCUT2D eigenvalue weighted by atomic mass is 32.2. The smallest absolute Gasteiger partial charge is 0.291 e. The predicted molar refractivity (Wildman–Crippen MR) is 85.9 cm³/mol. The topological polar surface area (TPSA) is 79.5 Å². The maximum absolute atomic E-state index is 12.3. The van der Waals surface area contributed by atoms with E-state index < -0.39 is 16.7 Å². The SMILES string of the molecule is O=C(Nc1cccc(O)c1)c1ccc(S(=O)c2ccccc2)o1. The normalized spacial score (nSPS) is 11.8. The molecule has 0 fully saturated rings. The van der Waals surface area contributed by atoms with Gasteiger partial charge in [0.1, 0.15) is 16.5 Å². The van der Waals surface area contributed by atoms with E-state index in [1.54, 1.807) is 36.4 Å². The Labute approximate surface area is 135 Å². The summed E-state index contributed by atoms with van der Waals surface area (Å²) >= 11 is 0. The van der Waals surface area contributed by atoms with Gasteiger partial charge in [-0.1, -0.05) is 24.3 Å². The van der Waals surface area contributed by atoms with Gasteiger partial charge >= 0.3 is 0 Å². The molecule has 1 aromatic heterocycles. The Morgan fingerprint density at radius 1 is 1.00 bits per heavy atom. The van der Waals surface area contributed by atoms with Gasteiger partial charge in [0.2, 0.25) is 0 Å². The second kappa shape index (κ2) is 6.50. The summed E-state index contributed by atoms with van der Waals surface area (Å²) in [4.78, 5) is 12.7. The Kier molecular flexibility index (Phi) is 4.25. The number of benzene rings is 2. The van der Waals surface area contributed by atoms with Gasteiger partial charge in [0, 0.05) is 16.6 Å². The van der Waals surface area contributed by atoms with Crippen LogP contribution >= 0.6 is 0 Å². The van der Waals surface area contributed by atoms with Crippen LogP contribution in [-0.4, -0.2) is 15.2 Å². The van der Waals surface area contributed by atoms with Gasteiger partial charge in [-0.25, -0.2) is 4.21 Å². The standard InChI is InChI=1S/C17H13NO4S/c19-13-6-4-5-12(11-13)18-17(20)15-9-10-16(22-15)23(21)14-7-2-1-3-8-14/h1-11,19H,(H,18,20). The summed E-state index contributed by atoms with van der Waals surface area (Å²) in [5.41, 5.74) is 0.442. The molecule has 2 N–H and O–H groups in total. The summed E-state index contributed by atoms with van der Waals surface area (Å²) in [7, 11) is -1.48. The van der Waals surface area contributed by atoms with E-state index in [2.05, 4.69) is 5.32 Å². The number of aromatic hydroxyl groups is 1. The van der Waals surface area contributed by atoms with Crippen molar-refractivity contribution < 1.29 is 18.5 Å². The molecule has 1 amide bonds. The quantitative estimate of drug-likeness (QED) is 0.769. The summed E-state index contributed by atoms with van der Waals surface area (Å²) in [6.07, 6.45) is 0. The first-order valence-corrected chi connectivity index (χ1v) is 7.95. The highest BCUT2D eigenvalue weighted by Gasteiger charge is 2.16. The molecule has 1 unspecified atom stereocenters. The van der Waals surface area contributed by atoms with Crippen molar-refractivity contribution >= 4 is 22.4 Å². The fourth-order valence-corrected chi connectivity index (χ4v) is 2.97. The number of hydrogen-bond donors (Lipinski definition) is 2. The van der Waals surface area contributed by atoms with E-state index in [0.717, 1.165) is 0 Å². The Morgan fingerprint density at radius 3 is 2.52 bits per heavy atom. The molecule has 116 valence electrons. The third-order valence-electron chi connectivity index (χ3n) is 3.05. The zero-order chi connectivity index (χ0) is 16.2. The summed E-state index contributed by atoms with van der Waals surface area (Å²) in [6.45, 7) is 0. The molecule has 2 aromatic carbocycles. The van der Waals surface area contributed by atoms with Crippen LogP contribution in [0.5, 0.6) is 5.75 Å². The second-order valence-corrected chi connectivity index (χ2v) is 6.12. The average Bonchev–Trinajstić information content (AvgIpc) is 3.05. The molecule has 3 aromatic rings. The number of hydrogen-bond acceptors (Lipinski definition) is 4. The van der Waals surface area contributed by atoms with Gasteiger partial charge in [-0.05, 0) is 36.4 Å². The molecule has 0 bridgehead atoms. The highest BCUT2D eigenvalue weighted by Crippen LogP contribution is 2.20. The minimum Gasteiger partial charge on any atom is -0.508 e. The van der Waals surface area contributed by atoms with Gasteiger partial charge < -0.3 is 14.8 Å². The van der Waals surface area contributed by atoms with Gasteiger partial charge in [-0.2, -0.15) is 0 Å². The zero-order valence-corrected chi connectivity index (χ0v) is 12.7. The number of nitrogens with one attached hydrogen (secondary N) is 1. The van der Waals surface area contributed by atoms with E-state index in [4.69, 9.17) is 4.42 Å². The molecule has 0 aliphatic rings. The molecular formula is C17H13NO4S. The van der Waals surface area contributed by atoms with Gasteiger partial charge in [0.25, 0.3) is 5.91 Å². The lowest BCUT2D eigenvalue weighted by atomic mass is 10.3. The molecule has 0 aliphatic heterocycles. The maximum Gasteiger partial charge on any atom is 0.291 e. The monoisotopic (exact) mass is 327 g/mol. The fourth-order valence-electron chi connectivity index (χ4n) is 1.98. The Morgan fingerprint density at radius 2 is 1.78 bits per heavy atom. The van der Waals surface area contributed by atoms with Crippen molar-refractivity contribution in [2.75, 3.05) is 5.32 Å². The minimum absolute atomic E-state index is 0.0487. The van der Waals surface area contributed by atoms with Gasteiger partial charge in [-0.15, -0.1) is 0 Å². The third-order valence-corrected chi connectivity index (χ3v) is 4.33. The lowest BCUT2D eigenvalue weighted by Crippen LogP contribution is -2.10. The molecule has 0 spiro atoms. The Balaban J connectivity index is 1.76. The zero-order valence-electron chi connectivity index (χ0n) is 11.9. The van der Waals surface area contributed by atoms with Crippen molar-refractivity contribution in [3.63, 3.8) is 0 Å². The van der Waals surface area contributed by atoms with Crippen molar-refractivity contribution in [1.29, 1.82) is 0 Å². The van der Waals surface area contributed by atoms with E-state index in [1.807, 2.05) is 6.07 Å². The molecule has 5 nitrogen and oxygen atoms in total. The number of carbonyl (C=O) groups excluding carboxylic acids is 1. The lowest BCUT2D eigenvalue weighted by Gasteiger charge is -2.03. The first kappa shape index (κ1) is 15.1. The highest BCUT2D eigenvalue weighted by molar-refractivity contribution is 7.85. The van der Waals surface area contributed by atoms with Crippen LogP contribution in [-0.2, 0) is 10.8 Å². The van der Waals surface area contributed by atoms with Crippen LogP contribution in [0.4, 0.5) is 5.69 Å². The Hall–Kier alpha value is -2.86. The van der Waals surface area contributed by atoms with Crippen molar-refractivity contribution in [3.05, 3.63) is 72.5 Å². The van der Waals surface area contributed by atoms with E-state index in [-0.39, 0.29) is 16.6 Å². The second-order valence-electron chi connectivity index (χ2n) is 4.70. The number of phenols is 1. The van der Waals surface area contributed by atoms with Crippen LogP contribution in [0.2, 0.25) is 0 Å². The minimum atomic E-state index is -1.48. The first-order chi connectivity index (χ1) is 11.1. The van der Waals surface area contributed by atoms with Gasteiger partial charge in [0.15, 0.2) is 10.9 Å². The van der Waals surface area contributed by atoms with E-state index in [0.29, 0.717) is 10.6 Å². The van der Waals surface area contributed by atoms with E-state index >= 15 is 0 Å². The van der Waals surface area contributed by atoms with E-state index in [1.165, 1.54) is 24.3 Å². The lowest BCUT2D eigenvalue weighted by molar-refractivity contribution is 0.0992. The summed E-state index contributed by atoms with van der Waals surface area (Å²) in [6, 6.07) is 18.0. The predicted octanol–water partition coefficient (Wildman–Crippen LogP) is 3.40. The van der Waals surface area contributed by atoms with Crippen LogP contribution in [0, 0.1) is 0 Å². The van der Waals surface area contributed by atoms with Crippen LogP contribution in [0.1, 0.15) is 10.6 Å². The maximum atomic E-state index is 12.3. The number of furan rings is 1. The summed E-state index contributed by atoms with van der Waals surface area (Å²) < 4.78 is 17.7. The van der Waals surface area contributed by atoms with Gasteiger partial charge in [-0.3, -0.25) is 4.79 Å². The summed E-state index contributed by atoms with van der Waals surface area (Å²) in [5.74, 6) is -0.382. The molecule has 6 heteroatoms. The van der Waals surface area contributed by atoms with Gasteiger partial charge in [0.05, 0.1) is 0 Å². The van der Waals surface area contributed by atoms with Crippen molar-refractivity contribution in [2.24, 2.45) is 0 Å². The van der Waals surface area contributed by atoms with E-state index in [9.17, 15) is 14.1 Å². The molecule has 3 rings (SSSR count). The largest absolute Gasteiger partial charge is 0.508 e. The van der Waals surface area contributed by atoms with Crippen LogP contribution in [0.25, 0.3) is 0 Å². The molecule has 0 saturated heterocycles. The first-order valence-electron chi connectivity index (χ1n) is 6.80. The number of amides is 1. The fraction of sp³-hybridized carbons (Fsp3) is 0. The molecule has 0 radical (unpaired) electrons. The molecule has 1 atom stereocenters. The number of carbonyl (C=O) groups is 1. The van der Waals surface area contributed by atoms with Crippen molar-refractivity contribution in [1.82, 2.24) is 0 Å². The number of phenolic OH excluding ortho intramolecular Hbond substituents is 1. The molecule has 0 saturated carbocycles. The third kappa shape index (κ3) is 3.49. The van der Waals surface area contributed by atoms with Crippen LogP contribution in [0.15, 0.2) is 81.1 Å². The number of anilines is 1. The van der Waals surface area contributed by atoms with Crippen molar-refractivity contribution in [2.45, 2.75) is 9.99 Å². The summed E-state index contributed by atoms with van der Waals surface area (Å²) in [5, 5.41) is 12.2. The molecule has 0 aliphatic carbocycles. The average molecular weight is 327 g/mol. The molecular weight excluding hydrogens is 314 g/mol. The van der Waals surface area contributed by atoms with Crippen LogP contribution < -0.4 is 5.32 Å². The van der Waals surface area contributed by atoms with Crippen molar-refractivity contribution in [3.8, 4) is 5.75 Å². The number of rotatable bonds is 4. The molecule has 23 heavy (non-hydrogen) atoms. The van der Waals surface area contributed by atoms with Crippen LogP contribution in [0.3, 0.4) is 0 Å². The Bertz CT molecular complexity index is 858. The molecule has 1 heterocycles.